The first-order chi connectivity index (χ1) is 8.00. The van der Waals surface area contributed by atoms with E-state index in [-0.39, 0.29) is 5.82 Å². The van der Waals surface area contributed by atoms with Crippen LogP contribution in [-0.4, -0.2) is 14.9 Å². The number of aliphatic hydroxyl groups excluding tert-OH is 1. The Morgan fingerprint density at radius 3 is 2.59 bits per heavy atom. The standard InChI is InChI=1S/C13H15FN2O/c1-8-6-9(2)12(10(14)7-8)13(17)11-4-5-15-16(11)3/h4-7,13,17H,1-3H3. The summed E-state index contributed by atoms with van der Waals surface area (Å²) in [6.45, 7) is 3.63. The van der Waals surface area contributed by atoms with E-state index < -0.39 is 6.10 Å². The van der Waals surface area contributed by atoms with Gasteiger partial charge in [0.15, 0.2) is 0 Å². The lowest BCUT2D eigenvalue weighted by molar-refractivity contribution is 0.204. The van der Waals surface area contributed by atoms with Crippen LogP contribution in [0, 0.1) is 19.7 Å². The summed E-state index contributed by atoms with van der Waals surface area (Å²) in [7, 11) is 1.72. The minimum Gasteiger partial charge on any atom is -0.382 e. The number of hydrogen-bond donors (Lipinski definition) is 1. The van der Waals surface area contributed by atoms with Gasteiger partial charge in [-0.3, -0.25) is 4.68 Å². The van der Waals surface area contributed by atoms with Crippen molar-refractivity contribution in [3.05, 3.63) is 52.6 Å². The average Bonchev–Trinajstić information content (AvgIpc) is 2.62. The van der Waals surface area contributed by atoms with Crippen molar-refractivity contribution in [3.8, 4) is 0 Å². The summed E-state index contributed by atoms with van der Waals surface area (Å²) in [4.78, 5) is 0. The van der Waals surface area contributed by atoms with Crippen molar-refractivity contribution >= 4 is 0 Å². The van der Waals surface area contributed by atoms with Crippen LogP contribution in [0.3, 0.4) is 0 Å². The number of aliphatic hydroxyl groups is 1. The fraction of sp³-hybridized carbons (Fsp3) is 0.308. The van der Waals surface area contributed by atoms with Gasteiger partial charge in [0, 0.05) is 18.8 Å². The highest BCUT2D eigenvalue weighted by Crippen LogP contribution is 2.27. The number of aryl methyl sites for hydroxylation is 3. The Morgan fingerprint density at radius 2 is 2.06 bits per heavy atom. The zero-order valence-electron chi connectivity index (χ0n) is 10.1. The van der Waals surface area contributed by atoms with E-state index in [0.717, 1.165) is 11.1 Å². The van der Waals surface area contributed by atoms with Gasteiger partial charge in [-0.25, -0.2) is 4.39 Å². The minimum absolute atomic E-state index is 0.319. The van der Waals surface area contributed by atoms with Crippen LogP contribution < -0.4 is 0 Å². The number of halogens is 1. The molecule has 1 N–H and O–H groups in total. The summed E-state index contributed by atoms with van der Waals surface area (Å²) < 4.78 is 15.4. The van der Waals surface area contributed by atoms with Crippen LogP contribution in [0.4, 0.5) is 4.39 Å². The molecule has 1 aromatic carbocycles. The highest BCUT2D eigenvalue weighted by molar-refractivity contribution is 5.36. The summed E-state index contributed by atoms with van der Waals surface area (Å²) in [6.07, 6.45) is 0.600. The molecular formula is C13H15FN2O. The van der Waals surface area contributed by atoms with E-state index in [1.54, 1.807) is 30.9 Å². The van der Waals surface area contributed by atoms with Gasteiger partial charge < -0.3 is 5.11 Å². The van der Waals surface area contributed by atoms with E-state index >= 15 is 0 Å². The van der Waals surface area contributed by atoms with Crippen LogP contribution in [0.15, 0.2) is 24.4 Å². The zero-order valence-corrected chi connectivity index (χ0v) is 10.1. The Hall–Kier alpha value is -1.68. The number of rotatable bonds is 2. The molecule has 2 rings (SSSR count). The molecule has 0 fully saturated rings. The third kappa shape index (κ3) is 2.08. The molecule has 1 unspecified atom stereocenters. The maximum atomic E-state index is 13.9. The van der Waals surface area contributed by atoms with Gasteiger partial charge in [-0.1, -0.05) is 6.07 Å². The molecular weight excluding hydrogens is 219 g/mol. The molecule has 0 saturated heterocycles. The second-order valence-corrected chi connectivity index (χ2v) is 4.26. The minimum atomic E-state index is -0.983. The molecule has 4 heteroatoms. The molecule has 90 valence electrons. The van der Waals surface area contributed by atoms with Gasteiger partial charge in [0.1, 0.15) is 11.9 Å². The second-order valence-electron chi connectivity index (χ2n) is 4.26. The van der Waals surface area contributed by atoms with Gasteiger partial charge in [0.05, 0.1) is 5.69 Å². The summed E-state index contributed by atoms with van der Waals surface area (Å²) in [6, 6.07) is 4.98. The molecule has 0 aliphatic heterocycles. The predicted molar refractivity (Wildman–Crippen MR) is 63.1 cm³/mol. The van der Waals surface area contributed by atoms with E-state index in [1.165, 1.54) is 6.07 Å². The number of benzene rings is 1. The summed E-state index contributed by atoms with van der Waals surface area (Å²) in [5, 5.41) is 14.2. The normalized spacial score (nSPS) is 12.8. The van der Waals surface area contributed by atoms with E-state index in [9.17, 15) is 9.50 Å². The quantitative estimate of drug-likeness (QED) is 0.865. The lowest BCUT2D eigenvalue weighted by atomic mass is 9.98. The first kappa shape index (κ1) is 11.8. The van der Waals surface area contributed by atoms with Crippen LogP contribution in [0.1, 0.15) is 28.5 Å². The molecule has 0 spiro atoms. The molecule has 0 radical (unpaired) electrons. The second kappa shape index (κ2) is 4.30. The maximum Gasteiger partial charge on any atom is 0.129 e. The van der Waals surface area contributed by atoms with E-state index in [0.29, 0.717) is 11.3 Å². The number of nitrogens with zero attached hydrogens (tertiary/aromatic N) is 2. The van der Waals surface area contributed by atoms with Gasteiger partial charge in [0.2, 0.25) is 0 Å². The lowest BCUT2D eigenvalue weighted by Crippen LogP contribution is -2.10. The number of hydrogen-bond acceptors (Lipinski definition) is 2. The molecule has 0 aliphatic rings. The lowest BCUT2D eigenvalue weighted by Gasteiger charge is -2.15. The molecule has 1 aromatic heterocycles. The summed E-state index contributed by atoms with van der Waals surface area (Å²) in [5.41, 5.74) is 2.49. The van der Waals surface area contributed by atoms with Crippen LogP contribution in [-0.2, 0) is 7.05 Å². The summed E-state index contributed by atoms with van der Waals surface area (Å²) >= 11 is 0. The topological polar surface area (TPSA) is 38.1 Å². The molecule has 2 aromatic rings. The Labute approximate surface area is 99.5 Å². The Kier molecular flexibility index (Phi) is 2.98. The first-order valence-electron chi connectivity index (χ1n) is 5.43. The molecule has 3 nitrogen and oxygen atoms in total. The van der Waals surface area contributed by atoms with Gasteiger partial charge in [-0.15, -0.1) is 0 Å². The number of aromatic nitrogens is 2. The molecule has 0 amide bonds. The van der Waals surface area contributed by atoms with E-state index in [4.69, 9.17) is 0 Å². The predicted octanol–water partition coefficient (Wildman–Crippen LogP) is 2.26. The summed E-state index contributed by atoms with van der Waals surface area (Å²) in [5.74, 6) is -0.379. The largest absolute Gasteiger partial charge is 0.382 e. The molecule has 0 bridgehead atoms. The molecule has 17 heavy (non-hydrogen) atoms. The van der Waals surface area contributed by atoms with Crippen molar-refractivity contribution in [1.29, 1.82) is 0 Å². The van der Waals surface area contributed by atoms with Crippen LogP contribution in [0.25, 0.3) is 0 Å². The van der Waals surface area contributed by atoms with Crippen molar-refractivity contribution in [2.75, 3.05) is 0 Å². The van der Waals surface area contributed by atoms with Gasteiger partial charge >= 0.3 is 0 Å². The van der Waals surface area contributed by atoms with Crippen LogP contribution in [0.5, 0.6) is 0 Å². The van der Waals surface area contributed by atoms with Crippen molar-refractivity contribution < 1.29 is 9.50 Å². The first-order valence-corrected chi connectivity index (χ1v) is 5.43. The fourth-order valence-corrected chi connectivity index (χ4v) is 2.07. The third-order valence-electron chi connectivity index (χ3n) is 2.89. The highest BCUT2D eigenvalue weighted by Gasteiger charge is 2.20. The average molecular weight is 234 g/mol. The molecule has 0 saturated carbocycles. The smallest absolute Gasteiger partial charge is 0.129 e. The Bertz CT molecular complexity index is 525. The van der Waals surface area contributed by atoms with Gasteiger partial charge in [-0.2, -0.15) is 5.10 Å². The Balaban J connectivity index is 2.51. The van der Waals surface area contributed by atoms with Gasteiger partial charge in [-0.05, 0) is 37.1 Å². The highest BCUT2D eigenvalue weighted by atomic mass is 19.1. The Morgan fingerprint density at radius 1 is 1.35 bits per heavy atom. The molecule has 0 aliphatic carbocycles. The van der Waals surface area contributed by atoms with Crippen molar-refractivity contribution in [3.63, 3.8) is 0 Å². The van der Waals surface area contributed by atoms with Crippen molar-refractivity contribution in [2.45, 2.75) is 20.0 Å². The van der Waals surface area contributed by atoms with Gasteiger partial charge in [0.25, 0.3) is 0 Å². The van der Waals surface area contributed by atoms with Crippen molar-refractivity contribution in [1.82, 2.24) is 9.78 Å². The fourth-order valence-electron chi connectivity index (χ4n) is 2.07. The van der Waals surface area contributed by atoms with Crippen LogP contribution >= 0.6 is 0 Å². The zero-order chi connectivity index (χ0) is 12.6. The van der Waals surface area contributed by atoms with E-state index in [2.05, 4.69) is 5.10 Å². The third-order valence-corrected chi connectivity index (χ3v) is 2.89. The maximum absolute atomic E-state index is 13.9. The van der Waals surface area contributed by atoms with E-state index in [1.807, 2.05) is 13.0 Å². The monoisotopic (exact) mass is 234 g/mol. The molecule has 1 atom stereocenters. The van der Waals surface area contributed by atoms with Crippen LogP contribution in [0.2, 0.25) is 0 Å². The molecule has 1 heterocycles. The SMILES string of the molecule is Cc1cc(C)c(C(O)c2ccnn2C)c(F)c1. The van der Waals surface area contributed by atoms with Crippen molar-refractivity contribution in [2.24, 2.45) is 7.05 Å².